The average molecular weight is 366 g/mol. The van der Waals surface area contributed by atoms with Crippen LogP contribution in [0.25, 0.3) is 0 Å². The van der Waals surface area contributed by atoms with Crippen LogP contribution in [0.5, 0.6) is 0 Å². The molecular weight excluding hydrogens is 346 g/mol. The van der Waals surface area contributed by atoms with Crippen molar-refractivity contribution < 1.29 is 45.4 Å². The fraction of sp³-hybridized carbons (Fsp3) is 0.857. The highest BCUT2D eigenvalue weighted by Crippen LogP contribution is 2.21. The molecule has 0 radical (unpaired) electrons. The van der Waals surface area contributed by atoms with Crippen molar-refractivity contribution in [1.29, 1.82) is 0 Å². The fourth-order valence-electron chi connectivity index (χ4n) is 1.60. The van der Waals surface area contributed by atoms with Crippen LogP contribution in [0.3, 0.4) is 0 Å². The van der Waals surface area contributed by atoms with E-state index in [1.54, 1.807) is 0 Å². The predicted octanol–water partition coefficient (Wildman–Crippen LogP) is 4.32. The Kier molecular flexibility index (Phi) is 10.5. The molecule has 0 atom stereocenters. The van der Waals surface area contributed by atoms with Crippen LogP contribution in [-0.2, 0) is 19.1 Å². The van der Waals surface area contributed by atoms with Crippen molar-refractivity contribution in [2.24, 2.45) is 0 Å². The molecule has 0 saturated heterocycles. The molecule has 10 heteroatoms. The quantitative estimate of drug-likeness (QED) is 0.310. The molecule has 0 aliphatic rings. The van der Waals surface area contributed by atoms with E-state index in [2.05, 4.69) is 9.47 Å². The summed E-state index contributed by atoms with van der Waals surface area (Å²) in [5.74, 6) is -1.31. The van der Waals surface area contributed by atoms with Gasteiger partial charge in [-0.2, -0.15) is 26.3 Å². The molecule has 0 amide bonds. The molecule has 0 N–H and O–H groups in total. The van der Waals surface area contributed by atoms with E-state index in [1.807, 2.05) is 0 Å². The second kappa shape index (κ2) is 11.1. The zero-order valence-corrected chi connectivity index (χ0v) is 13.0. The van der Waals surface area contributed by atoms with Crippen LogP contribution in [0.15, 0.2) is 0 Å². The number of hydrogen-bond acceptors (Lipinski definition) is 4. The van der Waals surface area contributed by atoms with Gasteiger partial charge in [-0.1, -0.05) is 0 Å². The summed E-state index contributed by atoms with van der Waals surface area (Å²) in [5, 5.41) is 0. The molecule has 0 rings (SSSR count). The average Bonchev–Trinajstić information content (AvgIpc) is 2.42. The number of rotatable bonds is 11. The summed E-state index contributed by atoms with van der Waals surface area (Å²) in [4.78, 5) is 22.4. The SMILES string of the molecule is O=C(CCCCC(=O)OCCCC(F)(F)F)OCCCC(F)(F)F. The van der Waals surface area contributed by atoms with Gasteiger partial charge >= 0.3 is 24.3 Å². The minimum Gasteiger partial charge on any atom is -0.466 e. The number of halogens is 6. The zero-order valence-electron chi connectivity index (χ0n) is 13.0. The molecule has 24 heavy (non-hydrogen) atoms. The van der Waals surface area contributed by atoms with E-state index in [1.165, 1.54) is 0 Å². The number of carbonyl (C=O) groups is 2. The largest absolute Gasteiger partial charge is 0.466 e. The number of unbranched alkanes of at least 4 members (excludes halogenated alkanes) is 1. The Morgan fingerprint density at radius 2 is 0.958 bits per heavy atom. The molecule has 4 nitrogen and oxygen atoms in total. The van der Waals surface area contributed by atoms with Crippen LogP contribution in [0, 0.1) is 0 Å². The third-order valence-electron chi connectivity index (χ3n) is 2.75. The van der Waals surface area contributed by atoms with Crippen LogP contribution in [-0.4, -0.2) is 37.5 Å². The van der Waals surface area contributed by atoms with Gasteiger partial charge in [0.15, 0.2) is 0 Å². The molecule has 0 aromatic rings. The molecular formula is C14H20F6O4. The summed E-state index contributed by atoms with van der Waals surface area (Å²) in [7, 11) is 0. The molecule has 0 fully saturated rings. The maximum atomic E-state index is 11.8. The number of carbonyl (C=O) groups excluding carboxylic acids is 2. The summed E-state index contributed by atoms with van der Waals surface area (Å²) in [6, 6.07) is 0. The van der Waals surface area contributed by atoms with Crippen molar-refractivity contribution in [3.05, 3.63) is 0 Å². The van der Waals surface area contributed by atoms with E-state index in [0.717, 1.165) is 0 Å². The van der Waals surface area contributed by atoms with Crippen LogP contribution in [0.1, 0.15) is 51.4 Å². The first-order chi connectivity index (χ1) is 11.0. The van der Waals surface area contributed by atoms with E-state index < -0.39 is 37.1 Å². The highest BCUT2D eigenvalue weighted by molar-refractivity contribution is 5.70. The van der Waals surface area contributed by atoms with Gasteiger partial charge < -0.3 is 9.47 Å². The topological polar surface area (TPSA) is 52.6 Å². The summed E-state index contributed by atoms with van der Waals surface area (Å²) in [6.07, 6.45) is -10.8. The highest BCUT2D eigenvalue weighted by atomic mass is 19.4. The number of esters is 2. The summed E-state index contributed by atoms with van der Waals surface area (Å²) in [5.41, 5.74) is 0. The second-order valence-corrected chi connectivity index (χ2v) is 5.09. The van der Waals surface area contributed by atoms with Gasteiger partial charge in [0.05, 0.1) is 13.2 Å². The van der Waals surface area contributed by atoms with Crippen LogP contribution >= 0.6 is 0 Å². The van der Waals surface area contributed by atoms with Crippen molar-refractivity contribution in [1.82, 2.24) is 0 Å². The van der Waals surface area contributed by atoms with Gasteiger partial charge in [0.1, 0.15) is 0 Å². The Labute approximate surface area is 135 Å². The lowest BCUT2D eigenvalue weighted by Gasteiger charge is -2.08. The van der Waals surface area contributed by atoms with E-state index in [9.17, 15) is 35.9 Å². The van der Waals surface area contributed by atoms with Crippen LogP contribution in [0.4, 0.5) is 26.3 Å². The van der Waals surface area contributed by atoms with E-state index >= 15 is 0 Å². The molecule has 0 aromatic carbocycles. The van der Waals surface area contributed by atoms with Crippen molar-refractivity contribution in [2.45, 2.75) is 63.7 Å². The number of alkyl halides is 6. The third kappa shape index (κ3) is 16.9. The van der Waals surface area contributed by atoms with Crippen LogP contribution in [0.2, 0.25) is 0 Å². The summed E-state index contributed by atoms with van der Waals surface area (Å²) in [6.45, 7) is -0.640. The maximum Gasteiger partial charge on any atom is 0.389 e. The highest BCUT2D eigenvalue weighted by Gasteiger charge is 2.26. The Morgan fingerprint density at radius 1 is 0.625 bits per heavy atom. The molecule has 0 aliphatic carbocycles. The van der Waals surface area contributed by atoms with Gasteiger partial charge in [0.2, 0.25) is 0 Å². The molecule has 0 aromatic heterocycles. The van der Waals surface area contributed by atoms with Crippen molar-refractivity contribution >= 4 is 11.9 Å². The van der Waals surface area contributed by atoms with E-state index in [0.29, 0.717) is 0 Å². The monoisotopic (exact) mass is 366 g/mol. The van der Waals surface area contributed by atoms with Gasteiger partial charge in [-0.25, -0.2) is 0 Å². The molecule has 0 aliphatic heterocycles. The molecule has 0 spiro atoms. The summed E-state index contributed by atoms with van der Waals surface area (Å²) >= 11 is 0. The minimum atomic E-state index is -4.28. The van der Waals surface area contributed by atoms with Crippen LogP contribution < -0.4 is 0 Å². The van der Waals surface area contributed by atoms with Gasteiger partial charge in [-0.3, -0.25) is 9.59 Å². The predicted molar refractivity (Wildman–Crippen MR) is 71.0 cm³/mol. The number of hydrogen-bond donors (Lipinski definition) is 0. The lowest BCUT2D eigenvalue weighted by Crippen LogP contribution is -2.12. The Bertz CT molecular complexity index is 342. The fourth-order valence-corrected chi connectivity index (χ4v) is 1.60. The van der Waals surface area contributed by atoms with E-state index in [-0.39, 0.29) is 51.7 Å². The molecule has 0 bridgehead atoms. The van der Waals surface area contributed by atoms with Gasteiger partial charge in [0.25, 0.3) is 0 Å². The number of ether oxygens (including phenoxy) is 2. The Hall–Kier alpha value is -1.48. The summed E-state index contributed by atoms with van der Waals surface area (Å²) < 4.78 is 80.2. The first-order valence-corrected chi connectivity index (χ1v) is 7.44. The minimum absolute atomic E-state index is 0.0482. The first-order valence-electron chi connectivity index (χ1n) is 7.44. The van der Waals surface area contributed by atoms with Gasteiger partial charge in [0, 0.05) is 25.7 Å². The van der Waals surface area contributed by atoms with Crippen molar-refractivity contribution in [3.8, 4) is 0 Å². The van der Waals surface area contributed by atoms with Gasteiger partial charge in [-0.05, 0) is 25.7 Å². The third-order valence-corrected chi connectivity index (χ3v) is 2.75. The lowest BCUT2D eigenvalue weighted by atomic mass is 10.2. The second-order valence-electron chi connectivity index (χ2n) is 5.09. The standard InChI is InChI=1S/C14H20F6O4/c15-13(16,17)7-3-9-23-11(21)5-1-2-6-12(22)24-10-4-8-14(18,19)20/h1-10H2. The Balaban J connectivity index is 3.50. The normalized spacial score (nSPS) is 12.1. The van der Waals surface area contributed by atoms with Crippen molar-refractivity contribution in [3.63, 3.8) is 0 Å². The molecule has 0 unspecified atom stereocenters. The smallest absolute Gasteiger partial charge is 0.389 e. The van der Waals surface area contributed by atoms with Crippen molar-refractivity contribution in [2.75, 3.05) is 13.2 Å². The molecule has 142 valence electrons. The van der Waals surface area contributed by atoms with Gasteiger partial charge in [-0.15, -0.1) is 0 Å². The lowest BCUT2D eigenvalue weighted by molar-refractivity contribution is -0.151. The zero-order chi connectivity index (χ0) is 18.6. The maximum absolute atomic E-state index is 11.8. The first kappa shape index (κ1) is 22.5. The molecule has 0 heterocycles. The molecule has 0 saturated carbocycles. The van der Waals surface area contributed by atoms with E-state index in [4.69, 9.17) is 0 Å². The Morgan fingerprint density at radius 3 is 1.25 bits per heavy atom.